The van der Waals surface area contributed by atoms with Crippen LogP contribution in [0.5, 0.6) is 0 Å². The molecule has 0 bridgehead atoms. The standard InChI is InChI=1S/C24H26N4O2S2/c1-27(2)20-10-6-9-18(13-20)24(30)28-16-31-15-21(28)22(29)25-12-11-19-14-32-23(26-19)17-7-4-3-5-8-17/h3-10,13-14,21H,11-12,15-16H2,1-2H3,(H,25,29)/t21-/m1/s1. The van der Waals surface area contributed by atoms with Gasteiger partial charge in [-0.2, -0.15) is 0 Å². The average Bonchev–Trinajstić information content (AvgIpc) is 3.49. The Balaban J connectivity index is 1.33. The fourth-order valence-electron chi connectivity index (χ4n) is 3.51. The van der Waals surface area contributed by atoms with Gasteiger partial charge in [-0.25, -0.2) is 4.98 Å². The third-order valence-corrected chi connectivity index (χ3v) is 7.26. The number of hydrogen-bond acceptors (Lipinski definition) is 6. The summed E-state index contributed by atoms with van der Waals surface area (Å²) in [5.74, 6) is 0.923. The van der Waals surface area contributed by atoms with Crippen molar-refractivity contribution in [2.45, 2.75) is 12.5 Å². The molecule has 0 spiro atoms. The van der Waals surface area contributed by atoms with Crippen LogP contribution < -0.4 is 10.2 Å². The number of aromatic nitrogens is 1. The maximum Gasteiger partial charge on any atom is 0.255 e. The van der Waals surface area contributed by atoms with E-state index >= 15 is 0 Å². The van der Waals surface area contributed by atoms with Crippen LogP contribution in [0.25, 0.3) is 10.6 Å². The van der Waals surface area contributed by atoms with Crippen LogP contribution in [0.4, 0.5) is 5.69 Å². The molecular formula is C24H26N4O2S2. The molecule has 1 atom stereocenters. The normalized spacial score (nSPS) is 15.6. The summed E-state index contributed by atoms with van der Waals surface area (Å²) in [5.41, 5.74) is 3.63. The molecule has 32 heavy (non-hydrogen) atoms. The molecule has 166 valence electrons. The molecule has 8 heteroatoms. The Kier molecular flexibility index (Phi) is 7.12. The zero-order valence-corrected chi connectivity index (χ0v) is 19.8. The van der Waals surface area contributed by atoms with Gasteiger partial charge in [-0.05, 0) is 18.2 Å². The Morgan fingerprint density at radius 3 is 2.75 bits per heavy atom. The van der Waals surface area contributed by atoms with Crippen LogP contribution in [0.2, 0.25) is 0 Å². The maximum absolute atomic E-state index is 13.1. The molecular weight excluding hydrogens is 440 g/mol. The molecule has 0 radical (unpaired) electrons. The van der Waals surface area contributed by atoms with Crippen LogP contribution >= 0.6 is 23.1 Å². The number of thiazole rings is 1. The summed E-state index contributed by atoms with van der Waals surface area (Å²) in [6.45, 7) is 0.496. The van der Waals surface area contributed by atoms with Gasteiger partial charge in [0.2, 0.25) is 5.91 Å². The van der Waals surface area contributed by atoms with E-state index in [9.17, 15) is 9.59 Å². The summed E-state index contributed by atoms with van der Waals surface area (Å²) in [7, 11) is 3.88. The van der Waals surface area contributed by atoms with Gasteiger partial charge in [-0.1, -0.05) is 36.4 Å². The third kappa shape index (κ3) is 5.14. The lowest BCUT2D eigenvalue weighted by Gasteiger charge is -2.23. The highest BCUT2D eigenvalue weighted by atomic mass is 32.2. The number of thioether (sulfide) groups is 1. The topological polar surface area (TPSA) is 65.5 Å². The van der Waals surface area contributed by atoms with Crippen molar-refractivity contribution < 1.29 is 9.59 Å². The van der Waals surface area contributed by atoms with E-state index in [0.29, 0.717) is 30.2 Å². The number of benzene rings is 2. The second-order valence-corrected chi connectivity index (χ2v) is 9.64. The lowest BCUT2D eigenvalue weighted by molar-refractivity contribution is -0.124. The van der Waals surface area contributed by atoms with Crippen molar-refractivity contribution in [2.24, 2.45) is 0 Å². The molecule has 3 aromatic rings. The molecule has 2 amide bonds. The van der Waals surface area contributed by atoms with Gasteiger partial charge in [0.05, 0.1) is 11.6 Å². The number of rotatable bonds is 7. The molecule has 2 heterocycles. The van der Waals surface area contributed by atoms with Crippen LogP contribution in [-0.4, -0.2) is 60.0 Å². The van der Waals surface area contributed by atoms with Gasteiger partial charge in [0.1, 0.15) is 11.0 Å². The van der Waals surface area contributed by atoms with Gasteiger partial charge in [0.25, 0.3) is 5.91 Å². The Hall–Kier alpha value is -2.84. The van der Waals surface area contributed by atoms with Gasteiger partial charge in [0.15, 0.2) is 0 Å². The third-order valence-electron chi connectivity index (χ3n) is 5.31. The molecule has 1 N–H and O–H groups in total. The van der Waals surface area contributed by atoms with Crippen molar-refractivity contribution >= 4 is 40.6 Å². The van der Waals surface area contributed by atoms with Crippen molar-refractivity contribution in [3.8, 4) is 10.6 Å². The second kappa shape index (κ2) is 10.2. The van der Waals surface area contributed by atoms with Crippen molar-refractivity contribution in [1.29, 1.82) is 0 Å². The number of nitrogens with zero attached hydrogens (tertiary/aromatic N) is 3. The van der Waals surface area contributed by atoms with Crippen molar-refractivity contribution in [1.82, 2.24) is 15.2 Å². The summed E-state index contributed by atoms with van der Waals surface area (Å²) >= 11 is 3.21. The molecule has 0 saturated carbocycles. The van der Waals surface area contributed by atoms with Gasteiger partial charge in [0, 0.05) is 55.0 Å². The monoisotopic (exact) mass is 466 g/mol. The van der Waals surface area contributed by atoms with E-state index in [0.717, 1.165) is 22.0 Å². The van der Waals surface area contributed by atoms with E-state index in [4.69, 9.17) is 0 Å². The first-order chi connectivity index (χ1) is 15.5. The van der Waals surface area contributed by atoms with Gasteiger partial charge >= 0.3 is 0 Å². The van der Waals surface area contributed by atoms with E-state index in [1.54, 1.807) is 34.1 Å². The van der Waals surface area contributed by atoms with Gasteiger partial charge in [-0.3, -0.25) is 9.59 Å². The van der Waals surface area contributed by atoms with Gasteiger partial charge in [-0.15, -0.1) is 23.1 Å². The molecule has 0 aliphatic carbocycles. The van der Waals surface area contributed by atoms with Crippen LogP contribution in [0, 0.1) is 0 Å². The highest BCUT2D eigenvalue weighted by Gasteiger charge is 2.35. The zero-order chi connectivity index (χ0) is 22.5. The lowest BCUT2D eigenvalue weighted by Crippen LogP contribution is -2.47. The van der Waals surface area contributed by atoms with Crippen LogP contribution in [-0.2, 0) is 11.2 Å². The number of hydrogen-bond donors (Lipinski definition) is 1. The molecule has 6 nitrogen and oxygen atoms in total. The highest BCUT2D eigenvalue weighted by Crippen LogP contribution is 2.25. The highest BCUT2D eigenvalue weighted by molar-refractivity contribution is 7.99. The first-order valence-electron chi connectivity index (χ1n) is 10.5. The Morgan fingerprint density at radius 1 is 1.16 bits per heavy atom. The van der Waals surface area contributed by atoms with E-state index in [2.05, 4.69) is 10.3 Å². The first kappa shape index (κ1) is 22.4. The molecule has 1 saturated heterocycles. The van der Waals surface area contributed by atoms with Crippen molar-refractivity contribution in [2.75, 3.05) is 37.2 Å². The minimum atomic E-state index is -0.453. The lowest BCUT2D eigenvalue weighted by atomic mass is 10.1. The SMILES string of the molecule is CN(C)c1cccc(C(=O)N2CSC[C@@H]2C(=O)NCCc2csc(-c3ccccc3)n2)c1. The minimum absolute atomic E-state index is 0.106. The molecule has 1 aliphatic heterocycles. The van der Waals surface area contributed by atoms with E-state index in [-0.39, 0.29) is 11.8 Å². The van der Waals surface area contributed by atoms with Crippen LogP contribution in [0.3, 0.4) is 0 Å². The fourth-order valence-corrected chi connectivity index (χ4v) is 5.52. The molecule has 1 aromatic heterocycles. The largest absolute Gasteiger partial charge is 0.378 e. The Morgan fingerprint density at radius 2 is 1.97 bits per heavy atom. The Labute approximate surface area is 196 Å². The van der Waals surface area contributed by atoms with E-state index < -0.39 is 6.04 Å². The number of anilines is 1. The number of carbonyl (C=O) groups excluding carboxylic acids is 2. The summed E-state index contributed by atoms with van der Waals surface area (Å²) in [4.78, 5) is 34.2. The van der Waals surface area contributed by atoms with E-state index in [1.165, 1.54) is 0 Å². The Bertz CT molecular complexity index is 1080. The smallest absolute Gasteiger partial charge is 0.255 e. The average molecular weight is 467 g/mol. The summed E-state index contributed by atoms with van der Waals surface area (Å²) in [6, 6.07) is 17.1. The summed E-state index contributed by atoms with van der Waals surface area (Å²) < 4.78 is 0. The summed E-state index contributed by atoms with van der Waals surface area (Å²) in [6.07, 6.45) is 0.660. The van der Waals surface area contributed by atoms with Crippen molar-refractivity contribution in [3.63, 3.8) is 0 Å². The second-order valence-electron chi connectivity index (χ2n) is 7.79. The maximum atomic E-state index is 13.1. The molecule has 2 aromatic carbocycles. The van der Waals surface area contributed by atoms with Crippen LogP contribution in [0.15, 0.2) is 60.0 Å². The quantitative estimate of drug-likeness (QED) is 0.575. The van der Waals surface area contributed by atoms with Crippen molar-refractivity contribution in [3.05, 3.63) is 71.2 Å². The van der Waals surface area contributed by atoms with Gasteiger partial charge < -0.3 is 15.1 Å². The fraction of sp³-hybridized carbons (Fsp3) is 0.292. The summed E-state index contributed by atoms with van der Waals surface area (Å²) in [5, 5.41) is 6.02. The molecule has 1 fully saturated rings. The van der Waals surface area contributed by atoms with E-state index in [1.807, 2.05) is 72.9 Å². The van der Waals surface area contributed by atoms with Crippen LogP contribution in [0.1, 0.15) is 16.1 Å². The predicted octanol–water partition coefficient (Wildman–Crippen LogP) is 3.75. The predicted molar refractivity (Wildman–Crippen MR) is 132 cm³/mol. The molecule has 4 rings (SSSR count). The molecule has 0 unspecified atom stereocenters. The number of nitrogens with one attached hydrogen (secondary N) is 1. The molecule has 1 aliphatic rings. The number of carbonyl (C=O) groups is 2. The first-order valence-corrected chi connectivity index (χ1v) is 12.5. The zero-order valence-electron chi connectivity index (χ0n) is 18.2. The number of amides is 2. The minimum Gasteiger partial charge on any atom is -0.378 e.